The first-order valence-electron chi connectivity index (χ1n) is 2.76. The molecule has 0 saturated carbocycles. The van der Waals surface area contributed by atoms with Crippen molar-refractivity contribution in [3.63, 3.8) is 0 Å². The van der Waals surface area contributed by atoms with Gasteiger partial charge >= 0.3 is 0 Å². The minimum atomic E-state index is -0.336. The summed E-state index contributed by atoms with van der Waals surface area (Å²) in [4.78, 5) is 0. The Bertz CT molecular complexity index is 247. The molecule has 3 heteroatoms. The molecule has 1 N–H and O–H groups in total. The van der Waals surface area contributed by atoms with Crippen LogP contribution in [-0.4, -0.2) is 11.4 Å². The summed E-state index contributed by atoms with van der Waals surface area (Å²) in [5.41, 5.74) is 0.544. The second-order valence-electron chi connectivity index (χ2n) is 1.80. The number of hydrogen-bond acceptors (Lipinski definition) is 2. The molecule has 0 aliphatic rings. The Kier molecular flexibility index (Phi) is 1.99. The number of nitrogens with zero attached hydrogens (tertiary/aromatic N) is 1. The normalized spacial score (nSPS) is 10.5. The van der Waals surface area contributed by atoms with Crippen molar-refractivity contribution in [2.75, 3.05) is 0 Å². The van der Waals surface area contributed by atoms with Gasteiger partial charge in [-0.1, -0.05) is 17.3 Å². The monoisotopic (exact) mass is 139 g/mol. The van der Waals surface area contributed by atoms with Crippen molar-refractivity contribution >= 4 is 6.21 Å². The van der Waals surface area contributed by atoms with Gasteiger partial charge in [0.05, 0.1) is 6.21 Å². The lowest BCUT2D eigenvalue weighted by atomic mass is 10.2. The summed E-state index contributed by atoms with van der Waals surface area (Å²) in [6.07, 6.45) is 1.17. The Balaban J connectivity index is 2.95. The van der Waals surface area contributed by atoms with Crippen molar-refractivity contribution in [2.24, 2.45) is 5.16 Å². The molecule has 0 aromatic heterocycles. The lowest BCUT2D eigenvalue weighted by molar-refractivity contribution is 0.322. The third kappa shape index (κ3) is 1.55. The molecule has 0 heterocycles. The first kappa shape index (κ1) is 6.74. The van der Waals surface area contributed by atoms with Gasteiger partial charge in [0.15, 0.2) is 0 Å². The maximum atomic E-state index is 12.3. The summed E-state index contributed by atoms with van der Waals surface area (Å²) in [5.74, 6) is -0.336. The topological polar surface area (TPSA) is 32.6 Å². The molecule has 0 saturated heterocycles. The highest BCUT2D eigenvalue weighted by atomic mass is 19.1. The highest BCUT2D eigenvalue weighted by molar-refractivity contribution is 5.78. The third-order valence-electron chi connectivity index (χ3n) is 1.06. The van der Waals surface area contributed by atoms with E-state index in [1.165, 1.54) is 18.3 Å². The molecule has 0 bridgehead atoms. The van der Waals surface area contributed by atoms with Crippen LogP contribution in [0.1, 0.15) is 5.56 Å². The number of oxime groups is 1. The van der Waals surface area contributed by atoms with Crippen LogP contribution in [0.5, 0.6) is 0 Å². The zero-order valence-electron chi connectivity index (χ0n) is 5.16. The summed E-state index contributed by atoms with van der Waals surface area (Å²) in [7, 11) is 0. The molecule has 0 atom stereocenters. The van der Waals surface area contributed by atoms with Gasteiger partial charge in [0, 0.05) is 0 Å². The van der Waals surface area contributed by atoms with E-state index in [4.69, 9.17) is 5.21 Å². The van der Waals surface area contributed by atoms with Gasteiger partial charge in [0.1, 0.15) is 5.82 Å². The molecule has 0 unspecified atom stereocenters. The van der Waals surface area contributed by atoms with Gasteiger partial charge in [-0.2, -0.15) is 0 Å². The second kappa shape index (κ2) is 2.96. The van der Waals surface area contributed by atoms with Gasteiger partial charge in [0.25, 0.3) is 0 Å². The fourth-order valence-corrected chi connectivity index (χ4v) is 0.654. The van der Waals surface area contributed by atoms with E-state index in [2.05, 4.69) is 5.16 Å². The van der Waals surface area contributed by atoms with Gasteiger partial charge in [-0.05, 0) is 17.7 Å². The largest absolute Gasteiger partial charge is 0.411 e. The predicted octanol–water partition coefficient (Wildman–Crippen LogP) is 1.63. The van der Waals surface area contributed by atoms with Crippen molar-refractivity contribution < 1.29 is 9.60 Å². The van der Waals surface area contributed by atoms with E-state index in [0.717, 1.165) is 0 Å². The molecule has 1 rings (SSSR count). The number of benzene rings is 1. The van der Waals surface area contributed by atoms with E-state index in [0.29, 0.717) is 5.56 Å². The molecular weight excluding hydrogens is 133 g/mol. The van der Waals surface area contributed by atoms with Crippen molar-refractivity contribution in [1.82, 2.24) is 0 Å². The SMILES string of the molecule is ON=Cc1cccc(F)c1. The zero-order valence-corrected chi connectivity index (χ0v) is 5.16. The molecule has 52 valence electrons. The lowest BCUT2D eigenvalue weighted by Gasteiger charge is -1.89. The van der Waals surface area contributed by atoms with Crippen LogP contribution in [0.15, 0.2) is 29.4 Å². The van der Waals surface area contributed by atoms with Crippen molar-refractivity contribution in [3.8, 4) is 0 Å². The smallest absolute Gasteiger partial charge is 0.123 e. The fourth-order valence-electron chi connectivity index (χ4n) is 0.654. The van der Waals surface area contributed by atoms with E-state index in [9.17, 15) is 4.39 Å². The summed E-state index contributed by atoms with van der Waals surface area (Å²) in [6, 6.07) is 5.80. The number of halogens is 1. The van der Waals surface area contributed by atoms with Crippen LogP contribution in [0.2, 0.25) is 0 Å². The quantitative estimate of drug-likeness (QED) is 0.358. The fraction of sp³-hybridized carbons (Fsp3) is 0. The van der Waals surface area contributed by atoms with Crippen LogP contribution >= 0.6 is 0 Å². The molecule has 2 nitrogen and oxygen atoms in total. The number of rotatable bonds is 1. The van der Waals surface area contributed by atoms with Crippen LogP contribution in [0, 0.1) is 5.82 Å². The maximum absolute atomic E-state index is 12.3. The molecule has 10 heavy (non-hydrogen) atoms. The molecule has 0 spiro atoms. The molecule has 0 aliphatic carbocycles. The average Bonchev–Trinajstić information content (AvgIpc) is 1.88. The summed E-state index contributed by atoms with van der Waals surface area (Å²) >= 11 is 0. The Labute approximate surface area is 57.6 Å². The second-order valence-corrected chi connectivity index (χ2v) is 1.80. The van der Waals surface area contributed by atoms with E-state index < -0.39 is 0 Å². The van der Waals surface area contributed by atoms with E-state index in [1.54, 1.807) is 12.1 Å². The predicted molar refractivity (Wildman–Crippen MR) is 35.8 cm³/mol. The number of hydrogen-bond donors (Lipinski definition) is 1. The van der Waals surface area contributed by atoms with Crippen molar-refractivity contribution in [2.45, 2.75) is 0 Å². The van der Waals surface area contributed by atoms with Gasteiger partial charge < -0.3 is 5.21 Å². The van der Waals surface area contributed by atoms with E-state index in [1.807, 2.05) is 0 Å². The van der Waals surface area contributed by atoms with Crippen LogP contribution < -0.4 is 0 Å². The Morgan fingerprint density at radius 2 is 2.30 bits per heavy atom. The van der Waals surface area contributed by atoms with E-state index in [-0.39, 0.29) is 5.82 Å². The van der Waals surface area contributed by atoms with Crippen LogP contribution in [-0.2, 0) is 0 Å². The molecular formula is C7H6FNO. The van der Waals surface area contributed by atoms with Crippen LogP contribution in [0.25, 0.3) is 0 Å². The molecule has 0 aliphatic heterocycles. The van der Waals surface area contributed by atoms with Gasteiger partial charge in [0.2, 0.25) is 0 Å². The van der Waals surface area contributed by atoms with Gasteiger partial charge in [-0.3, -0.25) is 0 Å². The van der Waals surface area contributed by atoms with Crippen molar-refractivity contribution in [1.29, 1.82) is 0 Å². The molecule has 1 aromatic carbocycles. The first-order valence-corrected chi connectivity index (χ1v) is 2.76. The molecule has 1 aromatic rings. The summed E-state index contributed by atoms with van der Waals surface area (Å²) in [6.45, 7) is 0. The van der Waals surface area contributed by atoms with E-state index >= 15 is 0 Å². The zero-order chi connectivity index (χ0) is 7.40. The van der Waals surface area contributed by atoms with Crippen LogP contribution in [0.4, 0.5) is 4.39 Å². The maximum Gasteiger partial charge on any atom is 0.123 e. The average molecular weight is 139 g/mol. The molecule has 0 fully saturated rings. The Morgan fingerprint density at radius 3 is 2.90 bits per heavy atom. The first-order chi connectivity index (χ1) is 4.83. The highest BCUT2D eigenvalue weighted by Crippen LogP contribution is 1.99. The van der Waals surface area contributed by atoms with Crippen molar-refractivity contribution in [3.05, 3.63) is 35.6 Å². The lowest BCUT2D eigenvalue weighted by Crippen LogP contribution is -1.81. The third-order valence-corrected chi connectivity index (χ3v) is 1.06. The minimum Gasteiger partial charge on any atom is -0.411 e. The summed E-state index contributed by atoms with van der Waals surface area (Å²) < 4.78 is 12.3. The standard InChI is InChI=1S/C7H6FNO/c8-7-3-1-2-6(4-7)5-9-10/h1-5,10H. The Hall–Kier alpha value is -1.38. The Morgan fingerprint density at radius 1 is 1.50 bits per heavy atom. The van der Waals surface area contributed by atoms with Crippen LogP contribution in [0.3, 0.4) is 0 Å². The van der Waals surface area contributed by atoms with Gasteiger partial charge in [-0.25, -0.2) is 4.39 Å². The highest BCUT2D eigenvalue weighted by Gasteiger charge is 1.89. The minimum absolute atomic E-state index is 0.336. The molecule has 0 amide bonds. The summed E-state index contributed by atoms with van der Waals surface area (Å²) in [5, 5.41) is 10.8. The van der Waals surface area contributed by atoms with Gasteiger partial charge in [-0.15, -0.1) is 0 Å². The molecule has 0 radical (unpaired) electrons.